The van der Waals surface area contributed by atoms with E-state index in [0.29, 0.717) is 13.1 Å². The molecule has 7 heteroatoms. The molecule has 0 saturated heterocycles. The molecule has 2 radical (unpaired) electrons. The van der Waals surface area contributed by atoms with Gasteiger partial charge in [0.1, 0.15) is 0 Å². The van der Waals surface area contributed by atoms with Crippen LogP contribution in [0.25, 0.3) is 0 Å². The lowest BCUT2D eigenvalue weighted by Crippen LogP contribution is -2.40. The van der Waals surface area contributed by atoms with Crippen LogP contribution in [0.15, 0.2) is 0 Å². The van der Waals surface area contributed by atoms with Crippen molar-refractivity contribution >= 4 is 53.0 Å². The third-order valence-corrected chi connectivity index (χ3v) is 88.6. The van der Waals surface area contributed by atoms with Gasteiger partial charge in [0.2, 0.25) is 0 Å². The van der Waals surface area contributed by atoms with Gasteiger partial charge in [0.05, 0.1) is 39.8 Å². The van der Waals surface area contributed by atoms with E-state index in [9.17, 15) is 0 Å². The first-order valence-electron chi connectivity index (χ1n) is 7.34. The van der Waals surface area contributed by atoms with Crippen molar-refractivity contribution in [1.29, 1.82) is 0 Å². The predicted octanol–water partition coefficient (Wildman–Crippen LogP) is 6.82. The standard InChI is InChI=1S/C12H36P2Si5/c1-16(2,3)13(17(4,5)6)15-14(18(7,8)9)19(10,11)12/h1-12H3. The van der Waals surface area contributed by atoms with Crippen molar-refractivity contribution < 1.29 is 0 Å². The van der Waals surface area contributed by atoms with Gasteiger partial charge in [-0.2, -0.15) is 0 Å². The minimum atomic E-state index is -0.943. The molecule has 114 valence electrons. The van der Waals surface area contributed by atoms with Crippen LogP contribution in [-0.4, -0.2) is 39.8 Å². The molecule has 0 aromatic carbocycles. The molecule has 19 heavy (non-hydrogen) atoms. The van der Waals surface area contributed by atoms with Gasteiger partial charge in [-0.25, -0.2) is 0 Å². The molecule has 0 amide bonds. The first-order valence-corrected chi connectivity index (χ1v) is 30.1. The zero-order chi connectivity index (χ0) is 15.9. The molecular weight excluding hydrogens is 347 g/mol. The third-order valence-electron chi connectivity index (χ3n) is 2.88. The molecule has 0 saturated carbocycles. The van der Waals surface area contributed by atoms with Crippen molar-refractivity contribution in [3.63, 3.8) is 0 Å². The topological polar surface area (TPSA) is 0 Å². The fraction of sp³-hybridized carbons (Fsp3) is 1.00. The first kappa shape index (κ1) is 20.9. The summed E-state index contributed by atoms with van der Waals surface area (Å²) in [7, 11) is -2.38. The molecular formula is C12H36P2Si5. The highest BCUT2D eigenvalue weighted by atomic mass is 32.0. The van der Waals surface area contributed by atoms with Crippen molar-refractivity contribution in [2.24, 2.45) is 0 Å². The molecule has 0 N–H and O–H groups in total. The zero-order valence-corrected chi connectivity index (χ0v) is 22.2. The van der Waals surface area contributed by atoms with Gasteiger partial charge in [0.15, 0.2) is 0 Å². The van der Waals surface area contributed by atoms with Crippen molar-refractivity contribution in [1.82, 2.24) is 0 Å². The summed E-state index contributed by atoms with van der Waals surface area (Å²) in [5, 5.41) is 0. The van der Waals surface area contributed by atoms with Crippen LogP contribution in [0.2, 0.25) is 78.6 Å². The monoisotopic (exact) mass is 382 g/mol. The Bertz CT molecular complexity index is 235. The smallest absolute Gasteiger partial charge is 0.0923 e. The maximum atomic E-state index is 2.66. The highest BCUT2D eigenvalue weighted by Crippen LogP contribution is 2.65. The first-order chi connectivity index (χ1) is 7.97. The van der Waals surface area contributed by atoms with Crippen LogP contribution in [-0.2, 0) is 0 Å². The van der Waals surface area contributed by atoms with E-state index in [-0.39, 0.29) is 0 Å². The Balaban J connectivity index is 5.43. The largest absolute Gasteiger partial charge is 0.139 e. The summed E-state index contributed by atoms with van der Waals surface area (Å²) in [6, 6.07) is 0. The fourth-order valence-corrected chi connectivity index (χ4v) is 127. The Kier molecular flexibility index (Phi) is 7.27. The molecule has 0 bridgehead atoms. The van der Waals surface area contributed by atoms with Crippen LogP contribution in [0.5, 0.6) is 0 Å². The van der Waals surface area contributed by atoms with Crippen LogP contribution in [0, 0.1) is 0 Å². The molecule has 0 aliphatic carbocycles. The minimum absolute atomic E-state index is 0.393. The zero-order valence-electron chi connectivity index (χ0n) is 15.4. The van der Waals surface area contributed by atoms with Gasteiger partial charge in [-0.15, -0.1) is 13.1 Å². The molecule has 0 aliphatic rings. The Morgan fingerprint density at radius 3 is 0.684 bits per heavy atom. The van der Waals surface area contributed by atoms with E-state index in [1.165, 1.54) is 8.85 Å². The lowest BCUT2D eigenvalue weighted by Gasteiger charge is -2.47. The molecule has 0 fully saturated rings. The van der Waals surface area contributed by atoms with Crippen molar-refractivity contribution in [2.75, 3.05) is 0 Å². The minimum Gasteiger partial charge on any atom is -0.139 e. The van der Waals surface area contributed by atoms with E-state index >= 15 is 0 Å². The van der Waals surface area contributed by atoms with E-state index < -0.39 is 31.0 Å². The van der Waals surface area contributed by atoms with Crippen LogP contribution in [0.4, 0.5) is 0 Å². The van der Waals surface area contributed by atoms with Crippen LogP contribution < -0.4 is 0 Å². The molecule has 0 rings (SSSR count). The van der Waals surface area contributed by atoms with E-state index in [4.69, 9.17) is 0 Å². The Morgan fingerprint density at radius 1 is 0.421 bits per heavy atom. The van der Waals surface area contributed by atoms with Crippen molar-refractivity contribution in [3.8, 4) is 0 Å². The number of hydrogen-bond acceptors (Lipinski definition) is 0. The normalized spacial score (nSPS) is 15.5. The summed E-state index contributed by atoms with van der Waals surface area (Å²) in [5.74, 6) is 0. The molecule has 0 aromatic rings. The van der Waals surface area contributed by atoms with Crippen LogP contribution >= 0.6 is 13.1 Å². The summed E-state index contributed by atoms with van der Waals surface area (Å²) in [4.78, 5) is 0. The Labute approximate surface area is 131 Å². The lowest BCUT2D eigenvalue weighted by molar-refractivity contribution is 1.84. The molecule has 0 unspecified atom stereocenters. The highest BCUT2D eigenvalue weighted by Gasteiger charge is 2.44. The quantitative estimate of drug-likeness (QED) is 0.349. The summed E-state index contributed by atoms with van der Waals surface area (Å²) in [5.41, 5.74) is 0. The second-order valence-corrected chi connectivity index (χ2v) is 63.0. The molecule has 0 aliphatic heterocycles. The average Bonchev–Trinajstić information content (AvgIpc) is 1.91. The number of hydrogen-bond donors (Lipinski definition) is 0. The summed E-state index contributed by atoms with van der Waals surface area (Å²) < 4.78 is 0. The molecule has 0 aromatic heterocycles. The van der Waals surface area contributed by atoms with Gasteiger partial charge >= 0.3 is 0 Å². The van der Waals surface area contributed by atoms with Crippen LogP contribution in [0.3, 0.4) is 0 Å². The molecule has 0 nitrogen and oxygen atoms in total. The maximum absolute atomic E-state index is 2.66. The van der Waals surface area contributed by atoms with E-state index in [2.05, 4.69) is 78.6 Å². The SMILES string of the molecule is C[Si](C)(C)P([Si]P([Si](C)(C)C)[Si](C)(C)C)[Si](C)(C)C. The van der Waals surface area contributed by atoms with Gasteiger partial charge in [-0.1, -0.05) is 78.6 Å². The maximum Gasteiger partial charge on any atom is 0.0923 e. The average molecular weight is 383 g/mol. The molecule has 0 heterocycles. The van der Waals surface area contributed by atoms with Gasteiger partial charge in [0, 0.05) is 0 Å². The second kappa shape index (κ2) is 6.60. The predicted molar refractivity (Wildman–Crippen MR) is 113 cm³/mol. The van der Waals surface area contributed by atoms with E-state index in [1.807, 2.05) is 0 Å². The fourth-order valence-electron chi connectivity index (χ4n) is 2.71. The van der Waals surface area contributed by atoms with Crippen molar-refractivity contribution in [2.45, 2.75) is 78.6 Å². The lowest BCUT2D eigenvalue weighted by atomic mass is 11.8. The van der Waals surface area contributed by atoms with Gasteiger partial charge in [0.25, 0.3) is 0 Å². The third kappa shape index (κ3) is 7.16. The summed E-state index contributed by atoms with van der Waals surface area (Å²) >= 11 is 0. The van der Waals surface area contributed by atoms with E-state index in [0.717, 1.165) is 0 Å². The molecule has 0 spiro atoms. The Hall–Kier alpha value is 1.94. The summed E-state index contributed by atoms with van der Waals surface area (Å²) in [6.45, 7) is 32.7. The Morgan fingerprint density at radius 2 is 0.579 bits per heavy atom. The van der Waals surface area contributed by atoms with E-state index in [1.54, 1.807) is 0 Å². The van der Waals surface area contributed by atoms with Gasteiger partial charge in [-0.3, -0.25) is 0 Å². The van der Waals surface area contributed by atoms with Gasteiger partial charge < -0.3 is 0 Å². The number of rotatable bonds is 6. The summed E-state index contributed by atoms with van der Waals surface area (Å²) in [6.07, 6.45) is 0. The second-order valence-electron chi connectivity index (χ2n) is 9.45. The molecule has 0 atom stereocenters. The van der Waals surface area contributed by atoms with Crippen molar-refractivity contribution in [3.05, 3.63) is 0 Å². The van der Waals surface area contributed by atoms with Gasteiger partial charge in [-0.05, 0) is 0 Å². The highest BCUT2D eigenvalue weighted by molar-refractivity contribution is 8.53. The van der Waals surface area contributed by atoms with Crippen LogP contribution in [0.1, 0.15) is 0 Å².